The van der Waals surface area contributed by atoms with E-state index in [1.807, 2.05) is 13.8 Å². The Bertz CT molecular complexity index is 1090. The number of aromatic nitrogens is 3. The smallest absolute Gasteiger partial charge is 0.263 e. The molecule has 0 aliphatic rings. The van der Waals surface area contributed by atoms with E-state index < -0.39 is 0 Å². The van der Waals surface area contributed by atoms with Gasteiger partial charge in [0.05, 0.1) is 14.2 Å². The van der Waals surface area contributed by atoms with Crippen LogP contribution in [0.1, 0.15) is 20.3 Å². The summed E-state index contributed by atoms with van der Waals surface area (Å²) in [5.41, 5.74) is 0.471. The topological polar surface area (TPSA) is 108 Å². The first kappa shape index (κ1) is 21.1. The van der Waals surface area contributed by atoms with E-state index in [-0.39, 0.29) is 35.5 Å². The van der Waals surface area contributed by atoms with Crippen LogP contribution >= 0.6 is 0 Å². The average molecular weight is 412 g/mol. The van der Waals surface area contributed by atoms with E-state index in [1.165, 1.54) is 11.7 Å². The molecule has 2 aromatic heterocycles. The summed E-state index contributed by atoms with van der Waals surface area (Å²) >= 11 is 0. The highest BCUT2D eigenvalue weighted by Gasteiger charge is 2.17. The Morgan fingerprint density at radius 1 is 1.23 bits per heavy atom. The molecule has 0 fully saturated rings. The molecule has 1 atom stereocenters. The minimum absolute atomic E-state index is 0.0383. The van der Waals surface area contributed by atoms with Crippen molar-refractivity contribution in [2.75, 3.05) is 14.2 Å². The largest absolute Gasteiger partial charge is 0.493 e. The van der Waals surface area contributed by atoms with Gasteiger partial charge in [-0.1, -0.05) is 12.1 Å². The molecule has 0 aliphatic heterocycles. The first-order valence-electron chi connectivity index (χ1n) is 9.52. The molecule has 0 saturated carbocycles. The highest BCUT2D eigenvalue weighted by Crippen LogP contribution is 2.31. The number of ether oxygens (including phenoxy) is 2. The van der Waals surface area contributed by atoms with Crippen LogP contribution in [0.15, 0.2) is 45.8 Å². The minimum Gasteiger partial charge on any atom is -0.493 e. The fraction of sp³-hybridized carbons (Fsp3) is 0.333. The summed E-state index contributed by atoms with van der Waals surface area (Å²) in [7, 11) is 3.08. The molecule has 0 saturated heterocycles. The first-order chi connectivity index (χ1) is 14.5. The van der Waals surface area contributed by atoms with Gasteiger partial charge >= 0.3 is 0 Å². The zero-order valence-corrected chi connectivity index (χ0v) is 17.3. The molecule has 1 N–H and O–H groups in total. The van der Waals surface area contributed by atoms with Gasteiger partial charge in [0.25, 0.3) is 11.4 Å². The maximum Gasteiger partial charge on any atom is 0.263 e. The maximum absolute atomic E-state index is 12.8. The van der Waals surface area contributed by atoms with Crippen molar-refractivity contribution >= 4 is 5.91 Å². The standard InChI is InChI=1S/C21H24N4O5/c1-5-13(2)22-18(26)12-25-10-6-7-15(21(25)27)20-23-19(24-30-20)14-8-9-16(28-3)17(11-14)29-4/h6-11,13H,5,12H2,1-4H3,(H,22,26). The van der Waals surface area contributed by atoms with E-state index in [1.54, 1.807) is 43.6 Å². The van der Waals surface area contributed by atoms with Crippen LogP contribution in [0.4, 0.5) is 0 Å². The average Bonchev–Trinajstić information content (AvgIpc) is 3.24. The van der Waals surface area contributed by atoms with Crippen molar-refractivity contribution in [1.82, 2.24) is 20.0 Å². The number of rotatable bonds is 8. The van der Waals surface area contributed by atoms with E-state index in [0.717, 1.165) is 6.42 Å². The number of nitrogens with one attached hydrogen (secondary N) is 1. The van der Waals surface area contributed by atoms with Gasteiger partial charge in [0.15, 0.2) is 11.5 Å². The molecule has 2 heterocycles. The number of benzene rings is 1. The molecule has 0 aliphatic carbocycles. The Morgan fingerprint density at radius 2 is 2.00 bits per heavy atom. The Kier molecular flexibility index (Phi) is 6.51. The van der Waals surface area contributed by atoms with Crippen molar-refractivity contribution < 1.29 is 18.8 Å². The second-order valence-corrected chi connectivity index (χ2v) is 6.72. The lowest BCUT2D eigenvalue weighted by atomic mass is 10.2. The molecule has 30 heavy (non-hydrogen) atoms. The van der Waals surface area contributed by atoms with Crippen molar-refractivity contribution in [3.8, 4) is 34.3 Å². The van der Waals surface area contributed by atoms with E-state index in [9.17, 15) is 9.59 Å². The number of pyridine rings is 1. The highest BCUT2D eigenvalue weighted by atomic mass is 16.5. The Hall–Kier alpha value is -3.62. The minimum atomic E-state index is -0.390. The maximum atomic E-state index is 12.8. The predicted octanol–water partition coefficient (Wildman–Crippen LogP) is 2.50. The predicted molar refractivity (Wildman–Crippen MR) is 110 cm³/mol. The Morgan fingerprint density at radius 3 is 2.70 bits per heavy atom. The van der Waals surface area contributed by atoms with Crippen molar-refractivity contribution in [1.29, 1.82) is 0 Å². The molecule has 3 aromatic rings. The fourth-order valence-electron chi connectivity index (χ4n) is 2.83. The van der Waals surface area contributed by atoms with Gasteiger partial charge in [-0.2, -0.15) is 4.98 Å². The van der Waals surface area contributed by atoms with Gasteiger partial charge in [-0.05, 0) is 43.7 Å². The van der Waals surface area contributed by atoms with Crippen LogP contribution < -0.4 is 20.3 Å². The number of carbonyl (C=O) groups is 1. The molecule has 0 bridgehead atoms. The van der Waals surface area contributed by atoms with Crippen molar-refractivity contribution in [3.05, 3.63) is 46.9 Å². The summed E-state index contributed by atoms with van der Waals surface area (Å²) in [5.74, 6) is 1.24. The van der Waals surface area contributed by atoms with Gasteiger partial charge in [-0.15, -0.1) is 0 Å². The van der Waals surface area contributed by atoms with Crippen molar-refractivity contribution in [2.45, 2.75) is 32.9 Å². The summed E-state index contributed by atoms with van der Waals surface area (Å²) in [5, 5.41) is 6.80. The van der Waals surface area contributed by atoms with Gasteiger partial charge in [-0.3, -0.25) is 9.59 Å². The van der Waals surface area contributed by atoms with E-state index in [2.05, 4.69) is 15.5 Å². The molecule has 158 valence electrons. The molecule has 1 amide bonds. The lowest BCUT2D eigenvalue weighted by Crippen LogP contribution is -2.37. The molecule has 3 rings (SSSR count). The van der Waals surface area contributed by atoms with Crippen molar-refractivity contribution in [3.63, 3.8) is 0 Å². The Balaban J connectivity index is 1.87. The highest BCUT2D eigenvalue weighted by molar-refractivity contribution is 5.76. The lowest BCUT2D eigenvalue weighted by Gasteiger charge is -2.12. The molecule has 9 heteroatoms. The lowest BCUT2D eigenvalue weighted by molar-refractivity contribution is -0.122. The Labute approximate surface area is 173 Å². The van der Waals surface area contributed by atoms with Gasteiger partial charge < -0.3 is 23.9 Å². The molecule has 1 aromatic carbocycles. The third-order valence-electron chi connectivity index (χ3n) is 4.65. The molecule has 0 radical (unpaired) electrons. The van der Waals surface area contributed by atoms with E-state index >= 15 is 0 Å². The first-order valence-corrected chi connectivity index (χ1v) is 9.52. The molecular weight excluding hydrogens is 388 g/mol. The number of carbonyl (C=O) groups excluding carboxylic acids is 1. The van der Waals surface area contributed by atoms with Gasteiger partial charge in [-0.25, -0.2) is 0 Å². The molecule has 1 unspecified atom stereocenters. The van der Waals surface area contributed by atoms with Gasteiger partial charge in [0.1, 0.15) is 12.1 Å². The molecule has 0 spiro atoms. The zero-order chi connectivity index (χ0) is 21.7. The quantitative estimate of drug-likeness (QED) is 0.605. The third-order valence-corrected chi connectivity index (χ3v) is 4.65. The van der Waals surface area contributed by atoms with Gasteiger partial charge in [0, 0.05) is 17.8 Å². The van der Waals surface area contributed by atoms with E-state index in [4.69, 9.17) is 14.0 Å². The van der Waals surface area contributed by atoms with Crippen LogP contribution in [0.5, 0.6) is 11.5 Å². The zero-order valence-electron chi connectivity index (χ0n) is 17.3. The molecule has 9 nitrogen and oxygen atoms in total. The number of methoxy groups -OCH3 is 2. The van der Waals surface area contributed by atoms with Crippen LogP contribution in [0.3, 0.4) is 0 Å². The van der Waals surface area contributed by atoms with E-state index in [0.29, 0.717) is 22.9 Å². The van der Waals surface area contributed by atoms with Crippen LogP contribution in [0.25, 0.3) is 22.8 Å². The second-order valence-electron chi connectivity index (χ2n) is 6.72. The van der Waals surface area contributed by atoms with Crippen LogP contribution in [-0.4, -0.2) is 40.9 Å². The summed E-state index contributed by atoms with van der Waals surface area (Å²) in [6.07, 6.45) is 2.36. The number of nitrogens with zero attached hydrogens (tertiary/aromatic N) is 3. The molecular formula is C21H24N4O5. The normalized spacial score (nSPS) is 11.7. The second kappa shape index (κ2) is 9.25. The van der Waals surface area contributed by atoms with Crippen LogP contribution in [0, 0.1) is 0 Å². The number of hydrogen-bond donors (Lipinski definition) is 1. The number of hydrogen-bond acceptors (Lipinski definition) is 7. The summed E-state index contributed by atoms with van der Waals surface area (Å²) in [4.78, 5) is 29.3. The SMILES string of the molecule is CCC(C)NC(=O)Cn1cccc(-c2nc(-c3ccc(OC)c(OC)c3)no2)c1=O. The fourth-order valence-corrected chi connectivity index (χ4v) is 2.83. The third kappa shape index (κ3) is 4.51. The van der Waals surface area contributed by atoms with Crippen LogP contribution in [0.2, 0.25) is 0 Å². The monoisotopic (exact) mass is 412 g/mol. The van der Waals surface area contributed by atoms with Crippen LogP contribution in [-0.2, 0) is 11.3 Å². The van der Waals surface area contributed by atoms with Crippen molar-refractivity contribution in [2.24, 2.45) is 0 Å². The van der Waals surface area contributed by atoms with Gasteiger partial charge in [0.2, 0.25) is 11.7 Å². The summed E-state index contributed by atoms with van der Waals surface area (Å²) in [6, 6.07) is 8.49. The summed E-state index contributed by atoms with van der Waals surface area (Å²) in [6.45, 7) is 3.79. The number of amides is 1. The summed E-state index contributed by atoms with van der Waals surface area (Å²) < 4.78 is 17.1.